The Hall–Kier alpha value is -2.94. The highest BCUT2D eigenvalue weighted by molar-refractivity contribution is 7.92. The second-order valence-electron chi connectivity index (χ2n) is 5.96. The standard InChI is InChI=1S/C18H21N5O3S/c1-3-4-12-27(24,25)22-15-6-8-16(9-7-15)26-18-13-17(20-14(2)21-18)23-11-5-10-19-23/h5-11,13,22H,3-4,12H2,1-2H3. The lowest BCUT2D eigenvalue weighted by Gasteiger charge is -2.10. The van der Waals surface area contributed by atoms with Gasteiger partial charge in [0.1, 0.15) is 11.6 Å². The smallest absolute Gasteiger partial charge is 0.232 e. The summed E-state index contributed by atoms with van der Waals surface area (Å²) < 4.78 is 33.9. The quantitative estimate of drug-likeness (QED) is 0.637. The number of aryl methyl sites for hydroxylation is 1. The maximum absolute atomic E-state index is 12.0. The molecule has 0 unspecified atom stereocenters. The fraction of sp³-hybridized carbons (Fsp3) is 0.278. The summed E-state index contributed by atoms with van der Waals surface area (Å²) in [5.74, 6) is 2.18. The Morgan fingerprint density at radius 1 is 1.19 bits per heavy atom. The highest BCUT2D eigenvalue weighted by atomic mass is 32.2. The van der Waals surface area contributed by atoms with Crippen LogP contribution in [0, 0.1) is 6.92 Å². The van der Waals surface area contributed by atoms with Gasteiger partial charge in [0.25, 0.3) is 0 Å². The molecule has 8 nitrogen and oxygen atoms in total. The molecule has 0 spiro atoms. The molecule has 0 radical (unpaired) electrons. The molecule has 2 aromatic heterocycles. The van der Waals surface area contributed by atoms with Crippen LogP contribution in [-0.2, 0) is 10.0 Å². The summed E-state index contributed by atoms with van der Waals surface area (Å²) in [6.07, 6.45) is 4.90. The number of nitrogens with zero attached hydrogens (tertiary/aromatic N) is 4. The highest BCUT2D eigenvalue weighted by Crippen LogP contribution is 2.23. The van der Waals surface area contributed by atoms with Crippen LogP contribution in [0.4, 0.5) is 5.69 Å². The van der Waals surface area contributed by atoms with E-state index in [2.05, 4.69) is 19.8 Å². The molecule has 3 aromatic rings. The average Bonchev–Trinajstić information content (AvgIpc) is 3.16. The molecule has 142 valence electrons. The summed E-state index contributed by atoms with van der Waals surface area (Å²) in [5.41, 5.74) is 0.495. The number of rotatable bonds is 8. The Labute approximate surface area is 158 Å². The van der Waals surface area contributed by atoms with Gasteiger partial charge in [-0.15, -0.1) is 0 Å². The van der Waals surface area contributed by atoms with Crippen molar-refractivity contribution in [2.75, 3.05) is 10.5 Å². The highest BCUT2D eigenvalue weighted by Gasteiger charge is 2.10. The number of hydrogen-bond acceptors (Lipinski definition) is 6. The van der Waals surface area contributed by atoms with Crippen LogP contribution in [0.15, 0.2) is 48.8 Å². The summed E-state index contributed by atoms with van der Waals surface area (Å²) in [7, 11) is -3.33. The molecule has 0 bridgehead atoms. The van der Waals surface area contributed by atoms with Gasteiger partial charge in [-0.3, -0.25) is 4.72 Å². The molecule has 0 fully saturated rings. The molecule has 0 aliphatic rings. The van der Waals surface area contributed by atoms with E-state index in [0.717, 1.165) is 6.42 Å². The van der Waals surface area contributed by atoms with E-state index in [1.807, 2.05) is 6.92 Å². The lowest BCUT2D eigenvalue weighted by atomic mass is 10.3. The van der Waals surface area contributed by atoms with Crippen molar-refractivity contribution in [3.63, 3.8) is 0 Å². The van der Waals surface area contributed by atoms with Crippen molar-refractivity contribution in [3.05, 3.63) is 54.6 Å². The monoisotopic (exact) mass is 387 g/mol. The van der Waals surface area contributed by atoms with Gasteiger partial charge in [-0.2, -0.15) is 10.1 Å². The summed E-state index contributed by atoms with van der Waals surface area (Å²) in [5, 5.41) is 4.15. The van der Waals surface area contributed by atoms with Gasteiger partial charge < -0.3 is 4.74 Å². The van der Waals surface area contributed by atoms with Crippen molar-refractivity contribution in [1.29, 1.82) is 0 Å². The number of unbranched alkanes of at least 4 members (excludes halogenated alkanes) is 1. The summed E-state index contributed by atoms with van der Waals surface area (Å²) >= 11 is 0. The van der Waals surface area contributed by atoms with Gasteiger partial charge in [-0.25, -0.2) is 18.1 Å². The van der Waals surface area contributed by atoms with Gasteiger partial charge in [0.15, 0.2) is 5.82 Å². The molecule has 0 saturated heterocycles. The SMILES string of the molecule is CCCCS(=O)(=O)Nc1ccc(Oc2cc(-n3cccn3)nc(C)n2)cc1. The second-order valence-corrected chi connectivity index (χ2v) is 7.81. The molecule has 3 rings (SSSR count). The number of aromatic nitrogens is 4. The van der Waals surface area contributed by atoms with Crippen LogP contribution in [-0.4, -0.2) is 33.9 Å². The molecule has 1 N–H and O–H groups in total. The zero-order valence-electron chi connectivity index (χ0n) is 15.2. The minimum atomic E-state index is -3.33. The van der Waals surface area contributed by atoms with Gasteiger partial charge in [0, 0.05) is 24.1 Å². The van der Waals surface area contributed by atoms with Crippen LogP contribution < -0.4 is 9.46 Å². The zero-order chi connectivity index (χ0) is 19.3. The van der Waals surface area contributed by atoms with Crippen molar-refractivity contribution in [2.24, 2.45) is 0 Å². The maximum Gasteiger partial charge on any atom is 0.232 e. The third kappa shape index (κ3) is 5.27. The van der Waals surface area contributed by atoms with E-state index in [0.29, 0.717) is 35.4 Å². The number of sulfonamides is 1. The summed E-state index contributed by atoms with van der Waals surface area (Å²) in [6, 6.07) is 10.2. The number of anilines is 1. The average molecular weight is 387 g/mol. The van der Waals surface area contributed by atoms with E-state index in [4.69, 9.17) is 4.74 Å². The van der Waals surface area contributed by atoms with Crippen molar-refractivity contribution in [3.8, 4) is 17.4 Å². The maximum atomic E-state index is 12.0. The fourth-order valence-corrected chi connectivity index (χ4v) is 3.64. The normalized spacial score (nSPS) is 11.3. The minimum absolute atomic E-state index is 0.109. The summed E-state index contributed by atoms with van der Waals surface area (Å²) in [6.45, 7) is 3.72. The Bertz CT molecular complexity index is 986. The molecule has 2 heterocycles. The van der Waals surface area contributed by atoms with Crippen molar-refractivity contribution in [2.45, 2.75) is 26.7 Å². The molecule has 0 saturated carbocycles. The van der Waals surface area contributed by atoms with E-state index >= 15 is 0 Å². The number of nitrogens with one attached hydrogen (secondary N) is 1. The first kappa shape index (κ1) is 18.8. The van der Waals surface area contributed by atoms with Gasteiger partial charge >= 0.3 is 0 Å². The Balaban J connectivity index is 1.72. The van der Waals surface area contributed by atoms with Crippen LogP contribution in [0.1, 0.15) is 25.6 Å². The Morgan fingerprint density at radius 3 is 2.63 bits per heavy atom. The van der Waals surface area contributed by atoms with Gasteiger partial charge in [0.05, 0.1) is 5.75 Å². The molecule has 27 heavy (non-hydrogen) atoms. The predicted molar refractivity (Wildman–Crippen MR) is 103 cm³/mol. The van der Waals surface area contributed by atoms with Gasteiger partial charge in [-0.05, 0) is 43.7 Å². The van der Waals surface area contributed by atoms with E-state index in [1.54, 1.807) is 60.4 Å². The molecular weight excluding hydrogens is 366 g/mol. The fourth-order valence-electron chi connectivity index (χ4n) is 2.38. The molecular formula is C18H21N5O3S. The molecule has 1 aromatic carbocycles. The minimum Gasteiger partial charge on any atom is -0.439 e. The lowest BCUT2D eigenvalue weighted by molar-refractivity contribution is 0.459. The molecule has 9 heteroatoms. The Kier molecular flexibility index (Phi) is 5.70. The van der Waals surface area contributed by atoms with Crippen LogP contribution in [0.2, 0.25) is 0 Å². The largest absolute Gasteiger partial charge is 0.439 e. The van der Waals surface area contributed by atoms with Crippen LogP contribution >= 0.6 is 0 Å². The lowest BCUT2D eigenvalue weighted by Crippen LogP contribution is -2.16. The molecule has 0 aliphatic heterocycles. The van der Waals surface area contributed by atoms with E-state index in [9.17, 15) is 8.42 Å². The van der Waals surface area contributed by atoms with E-state index in [-0.39, 0.29) is 5.75 Å². The van der Waals surface area contributed by atoms with Crippen molar-refractivity contribution in [1.82, 2.24) is 19.7 Å². The zero-order valence-corrected chi connectivity index (χ0v) is 16.0. The topological polar surface area (TPSA) is 99.0 Å². The number of benzene rings is 1. The predicted octanol–water partition coefficient (Wildman–Crippen LogP) is 3.30. The van der Waals surface area contributed by atoms with Crippen LogP contribution in [0.5, 0.6) is 11.6 Å². The van der Waals surface area contributed by atoms with Gasteiger partial charge in [-0.1, -0.05) is 13.3 Å². The van der Waals surface area contributed by atoms with Crippen molar-refractivity contribution >= 4 is 15.7 Å². The van der Waals surface area contributed by atoms with Gasteiger partial charge in [0.2, 0.25) is 15.9 Å². The molecule has 0 atom stereocenters. The first-order valence-electron chi connectivity index (χ1n) is 8.59. The number of hydrogen-bond donors (Lipinski definition) is 1. The molecule has 0 amide bonds. The third-order valence-electron chi connectivity index (χ3n) is 3.66. The molecule has 0 aliphatic carbocycles. The van der Waals surface area contributed by atoms with Crippen molar-refractivity contribution < 1.29 is 13.2 Å². The first-order chi connectivity index (χ1) is 12.9. The van der Waals surface area contributed by atoms with E-state index < -0.39 is 10.0 Å². The third-order valence-corrected chi connectivity index (χ3v) is 5.03. The van der Waals surface area contributed by atoms with E-state index in [1.165, 1.54) is 0 Å². The Morgan fingerprint density at radius 2 is 1.96 bits per heavy atom. The second kappa shape index (κ2) is 8.17. The van der Waals surface area contributed by atoms with Crippen LogP contribution in [0.25, 0.3) is 5.82 Å². The summed E-state index contributed by atoms with van der Waals surface area (Å²) in [4.78, 5) is 8.60. The number of ether oxygens (including phenoxy) is 1. The van der Waals surface area contributed by atoms with Crippen LogP contribution in [0.3, 0.4) is 0 Å². The first-order valence-corrected chi connectivity index (χ1v) is 10.2.